The summed E-state index contributed by atoms with van der Waals surface area (Å²) in [6.45, 7) is 7.11. The molecule has 2 amide bonds. The molecule has 0 aromatic heterocycles. The summed E-state index contributed by atoms with van der Waals surface area (Å²) in [7, 11) is 1.66. The predicted molar refractivity (Wildman–Crippen MR) is 92.9 cm³/mol. The fourth-order valence-corrected chi connectivity index (χ4v) is 3.36. The molecule has 0 radical (unpaired) electrons. The van der Waals surface area contributed by atoms with E-state index in [0.29, 0.717) is 0 Å². The van der Waals surface area contributed by atoms with Crippen molar-refractivity contribution in [2.75, 3.05) is 64.5 Å². The quantitative estimate of drug-likeness (QED) is 0.631. The highest BCUT2D eigenvalue weighted by Gasteiger charge is 2.26. The molecule has 0 aliphatic carbocycles. The number of rotatable bonds is 5. The molecule has 1 aromatic carbocycles. The number of methoxy groups -OCH3 is 1. The van der Waals surface area contributed by atoms with Crippen LogP contribution in [0.3, 0.4) is 0 Å². The van der Waals surface area contributed by atoms with Gasteiger partial charge in [0.15, 0.2) is 0 Å². The molecular weight excluding hydrogens is 342 g/mol. The standard InChI is InChI=1S/C18H27N3O3.ClH/c1-23-17-6-4-16(5-7-17)21(18(22)20-8-2-3-9-20)11-10-19-12-14-24-15-13-19;/h4-7H,2-3,8-15H2,1H3;1H. The van der Waals surface area contributed by atoms with Crippen molar-refractivity contribution >= 4 is 11.7 Å². The number of quaternary nitrogens is 1. The first-order chi connectivity index (χ1) is 11.8. The molecule has 0 spiro atoms. The van der Waals surface area contributed by atoms with Crippen LogP contribution < -0.4 is 26.9 Å². The van der Waals surface area contributed by atoms with Crippen LogP contribution >= 0.6 is 0 Å². The van der Waals surface area contributed by atoms with E-state index in [1.54, 1.807) is 7.11 Å². The van der Waals surface area contributed by atoms with E-state index in [2.05, 4.69) is 0 Å². The van der Waals surface area contributed by atoms with Crippen LogP contribution in [0.15, 0.2) is 24.3 Å². The first-order valence-electron chi connectivity index (χ1n) is 8.90. The molecule has 1 aromatic rings. The molecule has 2 aliphatic rings. The number of nitrogens with one attached hydrogen (secondary N) is 1. The summed E-state index contributed by atoms with van der Waals surface area (Å²) in [6.07, 6.45) is 2.22. The van der Waals surface area contributed by atoms with Crippen molar-refractivity contribution in [2.24, 2.45) is 0 Å². The fraction of sp³-hybridized carbons (Fsp3) is 0.611. The number of carbonyl (C=O) groups excluding carboxylic acids is 1. The van der Waals surface area contributed by atoms with Crippen molar-refractivity contribution in [2.45, 2.75) is 12.8 Å². The molecule has 0 bridgehead atoms. The summed E-state index contributed by atoms with van der Waals surface area (Å²) < 4.78 is 10.7. The molecule has 140 valence electrons. The summed E-state index contributed by atoms with van der Waals surface area (Å²) >= 11 is 0. The molecule has 7 heteroatoms. The van der Waals surface area contributed by atoms with Gasteiger partial charge in [-0.15, -0.1) is 0 Å². The molecule has 3 rings (SSSR count). The van der Waals surface area contributed by atoms with Crippen LogP contribution in [0.2, 0.25) is 0 Å². The Bertz CT molecular complexity index is 529. The second-order valence-electron chi connectivity index (χ2n) is 6.44. The third-order valence-corrected chi connectivity index (χ3v) is 4.88. The Kier molecular flexibility index (Phi) is 7.81. The maximum atomic E-state index is 13.0. The number of hydrogen-bond acceptors (Lipinski definition) is 3. The number of anilines is 1. The minimum absolute atomic E-state index is 0. The number of likely N-dealkylation sites (tertiary alicyclic amines) is 1. The van der Waals surface area contributed by atoms with E-state index in [-0.39, 0.29) is 18.4 Å². The van der Waals surface area contributed by atoms with E-state index < -0.39 is 0 Å². The lowest BCUT2D eigenvalue weighted by atomic mass is 10.2. The van der Waals surface area contributed by atoms with Gasteiger partial charge in [-0.05, 0) is 37.1 Å². The van der Waals surface area contributed by atoms with Gasteiger partial charge in [0.2, 0.25) is 0 Å². The van der Waals surface area contributed by atoms with Gasteiger partial charge in [-0.25, -0.2) is 4.79 Å². The monoisotopic (exact) mass is 369 g/mol. The summed E-state index contributed by atoms with van der Waals surface area (Å²) in [4.78, 5) is 18.4. The molecule has 2 heterocycles. The van der Waals surface area contributed by atoms with Gasteiger partial charge < -0.3 is 31.7 Å². The molecule has 6 nitrogen and oxygen atoms in total. The van der Waals surface area contributed by atoms with Crippen LogP contribution in [0.25, 0.3) is 0 Å². The number of nitrogens with zero attached hydrogens (tertiary/aromatic N) is 2. The first kappa shape index (κ1) is 19.8. The molecular formula is C18H28ClN3O3. The first-order valence-corrected chi connectivity index (χ1v) is 8.90. The van der Waals surface area contributed by atoms with E-state index in [9.17, 15) is 4.79 Å². The zero-order chi connectivity index (χ0) is 16.8. The van der Waals surface area contributed by atoms with Crippen molar-refractivity contribution in [3.63, 3.8) is 0 Å². The second kappa shape index (κ2) is 9.85. The number of halogens is 1. The third-order valence-electron chi connectivity index (χ3n) is 4.88. The van der Waals surface area contributed by atoms with E-state index in [4.69, 9.17) is 9.47 Å². The highest BCUT2D eigenvalue weighted by Crippen LogP contribution is 2.21. The van der Waals surface area contributed by atoms with Crippen LogP contribution in [0.5, 0.6) is 5.75 Å². The lowest BCUT2D eigenvalue weighted by Crippen LogP contribution is -3.14. The highest BCUT2D eigenvalue weighted by molar-refractivity contribution is 5.92. The fourth-order valence-electron chi connectivity index (χ4n) is 3.36. The Morgan fingerprint density at radius 1 is 1.20 bits per heavy atom. The maximum absolute atomic E-state index is 13.0. The number of carbonyl (C=O) groups is 1. The highest BCUT2D eigenvalue weighted by atomic mass is 35.5. The van der Waals surface area contributed by atoms with Gasteiger partial charge in [0.25, 0.3) is 0 Å². The molecule has 0 saturated carbocycles. The molecule has 0 unspecified atom stereocenters. The predicted octanol–water partition coefficient (Wildman–Crippen LogP) is -2.36. The van der Waals surface area contributed by atoms with Crippen molar-refractivity contribution < 1.29 is 31.6 Å². The Balaban J connectivity index is 0.00000225. The van der Waals surface area contributed by atoms with E-state index in [1.807, 2.05) is 34.1 Å². The van der Waals surface area contributed by atoms with Gasteiger partial charge in [0, 0.05) is 18.8 Å². The van der Waals surface area contributed by atoms with Crippen LogP contribution in [0, 0.1) is 0 Å². The summed E-state index contributed by atoms with van der Waals surface area (Å²) in [5.74, 6) is 0.811. The van der Waals surface area contributed by atoms with Crippen LogP contribution in [0.1, 0.15) is 12.8 Å². The second-order valence-corrected chi connectivity index (χ2v) is 6.44. The van der Waals surface area contributed by atoms with Crippen molar-refractivity contribution in [3.8, 4) is 5.75 Å². The Labute approximate surface area is 156 Å². The summed E-state index contributed by atoms with van der Waals surface area (Å²) in [5.41, 5.74) is 0.945. The Morgan fingerprint density at radius 2 is 1.84 bits per heavy atom. The van der Waals surface area contributed by atoms with Gasteiger partial charge >= 0.3 is 6.03 Å². The SMILES string of the molecule is COc1ccc(N(CC[NH+]2CCOCC2)C(=O)N2CCCC2)cc1.[Cl-]. The normalized spacial score (nSPS) is 17.9. The summed E-state index contributed by atoms with van der Waals surface area (Å²) in [6, 6.07) is 7.91. The van der Waals surface area contributed by atoms with E-state index in [1.165, 1.54) is 4.90 Å². The number of amides is 2. The summed E-state index contributed by atoms with van der Waals surface area (Å²) in [5, 5.41) is 0. The minimum Gasteiger partial charge on any atom is -1.00 e. The van der Waals surface area contributed by atoms with Gasteiger partial charge in [-0.3, -0.25) is 4.90 Å². The molecule has 25 heavy (non-hydrogen) atoms. The number of urea groups is 1. The van der Waals surface area contributed by atoms with Crippen molar-refractivity contribution in [1.29, 1.82) is 0 Å². The minimum atomic E-state index is 0. The molecule has 2 aliphatic heterocycles. The van der Waals surface area contributed by atoms with Crippen LogP contribution in [-0.2, 0) is 4.74 Å². The largest absolute Gasteiger partial charge is 1.00 e. The topological polar surface area (TPSA) is 46.5 Å². The van der Waals surface area contributed by atoms with Gasteiger partial charge in [0.05, 0.1) is 33.4 Å². The smallest absolute Gasteiger partial charge is 0.324 e. The average Bonchev–Trinajstić information content (AvgIpc) is 3.18. The Hall–Kier alpha value is -1.50. The zero-order valence-corrected chi connectivity index (χ0v) is 15.6. The van der Waals surface area contributed by atoms with Crippen molar-refractivity contribution in [1.82, 2.24) is 4.90 Å². The Morgan fingerprint density at radius 3 is 2.44 bits per heavy atom. The van der Waals surface area contributed by atoms with E-state index in [0.717, 1.165) is 76.8 Å². The number of morpholine rings is 1. The van der Waals surface area contributed by atoms with Gasteiger partial charge in [-0.1, -0.05) is 0 Å². The van der Waals surface area contributed by atoms with Gasteiger partial charge in [-0.2, -0.15) is 0 Å². The van der Waals surface area contributed by atoms with Crippen LogP contribution in [0.4, 0.5) is 10.5 Å². The average molecular weight is 370 g/mol. The number of hydrogen-bond donors (Lipinski definition) is 1. The lowest BCUT2D eigenvalue weighted by molar-refractivity contribution is -0.906. The number of benzene rings is 1. The van der Waals surface area contributed by atoms with E-state index >= 15 is 0 Å². The molecule has 0 atom stereocenters. The van der Waals surface area contributed by atoms with Crippen molar-refractivity contribution in [3.05, 3.63) is 24.3 Å². The molecule has 2 fully saturated rings. The van der Waals surface area contributed by atoms with Gasteiger partial charge in [0.1, 0.15) is 18.8 Å². The molecule has 1 N–H and O–H groups in total. The van der Waals surface area contributed by atoms with Crippen LogP contribution in [-0.4, -0.2) is 70.5 Å². The third kappa shape index (κ3) is 5.23. The molecule has 2 saturated heterocycles. The lowest BCUT2D eigenvalue weighted by Gasteiger charge is -2.30. The maximum Gasteiger partial charge on any atom is 0.324 e. The zero-order valence-electron chi connectivity index (χ0n) is 14.9. The number of ether oxygens (including phenoxy) is 2.